The average molecular weight is 380 g/mol. The monoisotopic (exact) mass is 380 g/mol. The summed E-state index contributed by atoms with van der Waals surface area (Å²) in [5.74, 6) is 6.18. The molecular formula is C13H21IN2OS. The minimum absolute atomic E-state index is 0.0769. The van der Waals surface area contributed by atoms with E-state index < -0.39 is 0 Å². The number of nitrogens with one attached hydrogen (secondary N) is 1. The first-order chi connectivity index (χ1) is 8.25. The second-order valence-electron chi connectivity index (χ2n) is 6.10. The maximum Gasteiger partial charge on any atom is 0.0681 e. The molecule has 3 N–H and O–H groups in total. The Labute approximate surface area is 127 Å². The van der Waals surface area contributed by atoms with Crippen molar-refractivity contribution in [2.45, 2.75) is 51.4 Å². The van der Waals surface area contributed by atoms with Gasteiger partial charge in [-0.05, 0) is 73.7 Å². The summed E-state index contributed by atoms with van der Waals surface area (Å²) in [5.41, 5.74) is 4.02. The number of hydrogen-bond acceptors (Lipinski definition) is 4. The van der Waals surface area contributed by atoms with Crippen molar-refractivity contribution in [3.05, 3.63) is 19.9 Å². The van der Waals surface area contributed by atoms with Gasteiger partial charge in [0.05, 0.1) is 20.1 Å². The number of halogens is 1. The molecule has 0 radical (unpaired) electrons. The zero-order valence-electron chi connectivity index (χ0n) is 11.3. The van der Waals surface area contributed by atoms with Crippen molar-refractivity contribution in [1.82, 2.24) is 5.43 Å². The summed E-state index contributed by atoms with van der Waals surface area (Å²) in [6, 6.07) is 2.36. The van der Waals surface area contributed by atoms with Crippen LogP contribution in [0.4, 0.5) is 0 Å². The molecule has 1 aromatic heterocycles. The van der Waals surface area contributed by atoms with Crippen molar-refractivity contribution in [3.63, 3.8) is 0 Å². The fourth-order valence-corrected chi connectivity index (χ4v) is 4.46. The largest absolute Gasteiger partial charge is 0.369 e. The second kappa shape index (κ2) is 5.01. The molecular weight excluding hydrogens is 359 g/mol. The van der Waals surface area contributed by atoms with Crippen molar-refractivity contribution in [3.8, 4) is 0 Å². The fraction of sp³-hybridized carbons (Fsp3) is 0.692. The first kappa shape index (κ1) is 14.7. The molecule has 102 valence electrons. The number of hydrazine groups is 1. The molecule has 1 aliphatic heterocycles. The molecule has 18 heavy (non-hydrogen) atoms. The molecule has 0 aromatic carbocycles. The first-order valence-electron chi connectivity index (χ1n) is 6.15. The van der Waals surface area contributed by atoms with Crippen LogP contribution >= 0.6 is 33.9 Å². The molecule has 1 aliphatic rings. The minimum Gasteiger partial charge on any atom is -0.369 e. The van der Waals surface area contributed by atoms with Crippen molar-refractivity contribution in [2.75, 3.05) is 0 Å². The molecule has 0 bridgehead atoms. The molecule has 2 unspecified atom stereocenters. The Morgan fingerprint density at radius 2 is 2.17 bits per heavy atom. The minimum atomic E-state index is -0.159. The lowest BCUT2D eigenvalue weighted by molar-refractivity contribution is -0.0778. The van der Waals surface area contributed by atoms with E-state index in [1.807, 2.05) is 0 Å². The summed E-state index contributed by atoms with van der Waals surface area (Å²) in [6.07, 6.45) is 1.02. The van der Waals surface area contributed by atoms with Gasteiger partial charge in [0.25, 0.3) is 0 Å². The molecule has 0 saturated carbocycles. The summed E-state index contributed by atoms with van der Waals surface area (Å²) in [6.45, 7) is 8.63. The van der Waals surface area contributed by atoms with Gasteiger partial charge in [-0.15, -0.1) is 11.3 Å². The Hall–Kier alpha value is 0.310. The predicted octanol–water partition coefficient (Wildman–Crippen LogP) is 3.45. The summed E-state index contributed by atoms with van der Waals surface area (Å²) < 4.78 is 7.46. The Balaban J connectivity index is 2.28. The third kappa shape index (κ3) is 2.90. The van der Waals surface area contributed by atoms with E-state index in [0.717, 1.165) is 6.42 Å². The lowest BCUT2D eigenvalue weighted by Crippen LogP contribution is -2.41. The van der Waals surface area contributed by atoms with E-state index in [-0.39, 0.29) is 17.2 Å². The Morgan fingerprint density at radius 1 is 1.50 bits per heavy atom. The maximum atomic E-state index is 6.17. The third-order valence-corrected chi connectivity index (χ3v) is 5.48. The zero-order valence-corrected chi connectivity index (χ0v) is 14.3. The molecule has 0 amide bonds. The van der Waals surface area contributed by atoms with E-state index in [4.69, 9.17) is 10.6 Å². The number of rotatable bonds is 3. The number of nitrogens with two attached hydrogens (primary N) is 1. The van der Waals surface area contributed by atoms with E-state index in [0.29, 0.717) is 5.92 Å². The first-order valence-corrected chi connectivity index (χ1v) is 8.11. The Bertz CT molecular complexity index is 430. The lowest BCUT2D eigenvalue weighted by atomic mass is 9.80. The van der Waals surface area contributed by atoms with Gasteiger partial charge in [-0.3, -0.25) is 11.3 Å². The number of ether oxygens (including phenoxy) is 1. The van der Waals surface area contributed by atoms with Crippen molar-refractivity contribution >= 4 is 33.9 Å². The summed E-state index contributed by atoms with van der Waals surface area (Å²) in [4.78, 5) is 0. The predicted molar refractivity (Wildman–Crippen MR) is 84.5 cm³/mol. The van der Waals surface area contributed by atoms with Crippen LogP contribution in [0.2, 0.25) is 0 Å². The SMILES string of the molecule is CC1(C)CC(C(NN)c2csc(I)c2)C(C)(C)O1. The second-order valence-corrected chi connectivity index (χ2v) is 8.91. The van der Waals surface area contributed by atoms with Gasteiger partial charge in [0.15, 0.2) is 0 Å². The van der Waals surface area contributed by atoms with E-state index in [2.05, 4.69) is 67.2 Å². The Kier molecular flexibility index (Phi) is 4.10. The van der Waals surface area contributed by atoms with E-state index in [1.165, 1.54) is 8.45 Å². The highest BCUT2D eigenvalue weighted by atomic mass is 127. The smallest absolute Gasteiger partial charge is 0.0681 e. The highest BCUT2D eigenvalue weighted by molar-refractivity contribution is 14.1. The Morgan fingerprint density at radius 3 is 2.56 bits per heavy atom. The molecule has 2 atom stereocenters. The van der Waals surface area contributed by atoms with Gasteiger partial charge in [0, 0.05) is 5.92 Å². The van der Waals surface area contributed by atoms with Crippen LogP contribution in [-0.2, 0) is 4.74 Å². The normalized spacial score (nSPS) is 27.3. The zero-order chi connectivity index (χ0) is 13.6. The molecule has 3 nitrogen and oxygen atoms in total. The van der Waals surface area contributed by atoms with E-state index >= 15 is 0 Å². The number of thiophene rings is 1. The molecule has 2 rings (SSSR count). The number of hydrogen-bond donors (Lipinski definition) is 2. The molecule has 2 heterocycles. The molecule has 1 aromatic rings. The summed E-state index contributed by atoms with van der Waals surface area (Å²) >= 11 is 4.11. The summed E-state index contributed by atoms with van der Waals surface area (Å²) in [7, 11) is 0. The standard InChI is InChI=1S/C13H21IN2OS/c1-12(2)6-9(13(3,4)17-12)11(16-15)8-5-10(14)18-7-8/h5,7,9,11,16H,6,15H2,1-4H3. The van der Waals surface area contributed by atoms with Crippen LogP contribution in [0, 0.1) is 8.80 Å². The quantitative estimate of drug-likeness (QED) is 0.480. The van der Waals surface area contributed by atoms with Crippen LogP contribution in [-0.4, -0.2) is 11.2 Å². The van der Waals surface area contributed by atoms with Gasteiger partial charge in [0.2, 0.25) is 0 Å². The fourth-order valence-electron chi connectivity index (χ4n) is 3.06. The van der Waals surface area contributed by atoms with Crippen molar-refractivity contribution in [2.24, 2.45) is 11.8 Å². The van der Waals surface area contributed by atoms with Crippen LogP contribution in [0.15, 0.2) is 11.4 Å². The van der Waals surface area contributed by atoms with Crippen LogP contribution in [0.1, 0.15) is 45.7 Å². The molecule has 0 spiro atoms. The van der Waals surface area contributed by atoms with Crippen LogP contribution in [0.25, 0.3) is 0 Å². The molecule has 5 heteroatoms. The van der Waals surface area contributed by atoms with Gasteiger partial charge in [-0.25, -0.2) is 0 Å². The van der Waals surface area contributed by atoms with Crippen molar-refractivity contribution < 1.29 is 4.74 Å². The molecule has 1 saturated heterocycles. The lowest BCUT2D eigenvalue weighted by Gasteiger charge is -2.32. The van der Waals surface area contributed by atoms with Crippen LogP contribution in [0.5, 0.6) is 0 Å². The molecule has 1 fully saturated rings. The third-order valence-electron chi connectivity index (χ3n) is 3.67. The van der Waals surface area contributed by atoms with Gasteiger partial charge < -0.3 is 4.74 Å². The van der Waals surface area contributed by atoms with Gasteiger partial charge >= 0.3 is 0 Å². The maximum absolute atomic E-state index is 6.17. The van der Waals surface area contributed by atoms with Gasteiger partial charge in [-0.1, -0.05) is 0 Å². The highest BCUT2D eigenvalue weighted by Crippen LogP contribution is 2.47. The van der Waals surface area contributed by atoms with Gasteiger partial charge in [0.1, 0.15) is 0 Å². The summed E-state index contributed by atoms with van der Waals surface area (Å²) in [5, 5.41) is 2.19. The molecule has 0 aliphatic carbocycles. The topological polar surface area (TPSA) is 47.3 Å². The van der Waals surface area contributed by atoms with E-state index in [1.54, 1.807) is 11.3 Å². The van der Waals surface area contributed by atoms with Gasteiger partial charge in [-0.2, -0.15) is 0 Å². The highest BCUT2D eigenvalue weighted by Gasteiger charge is 2.49. The van der Waals surface area contributed by atoms with Crippen LogP contribution < -0.4 is 11.3 Å². The average Bonchev–Trinajstić information content (AvgIpc) is 2.70. The van der Waals surface area contributed by atoms with Crippen molar-refractivity contribution in [1.29, 1.82) is 0 Å². The van der Waals surface area contributed by atoms with E-state index in [9.17, 15) is 0 Å². The van der Waals surface area contributed by atoms with Crippen LogP contribution in [0.3, 0.4) is 0 Å².